The lowest BCUT2D eigenvalue weighted by atomic mass is 9.93. The Hall–Kier alpha value is -2.64. The van der Waals surface area contributed by atoms with Crippen LogP contribution in [-0.4, -0.2) is 12.5 Å². The second kappa shape index (κ2) is 9.17. The first-order valence-electron chi connectivity index (χ1n) is 9.14. The van der Waals surface area contributed by atoms with E-state index in [-0.39, 0.29) is 11.9 Å². The minimum atomic E-state index is -0.0999. The average Bonchev–Trinajstić information content (AvgIpc) is 2.62. The molecule has 2 aromatic rings. The molecule has 0 bridgehead atoms. The van der Waals surface area contributed by atoms with Crippen molar-refractivity contribution in [2.75, 3.05) is 11.9 Å². The fourth-order valence-corrected chi connectivity index (χ4v) is 3.02. The van der Waals surface area contributed by atoms with Crippen molar-refractivity contribution in [2.24, 2.45) is 5.92 Å². The predicted molar refractivity (Wildman–Crippen MR) is 105 cm³/mol. The molecular formula is C22H28N3O+. The number of hydrogen-bond acceptors (Lipinski definition) is 2. The van der Waals surface area contributed by atoms with Gasteiger partial charge in [-0.15, -0.1) is 0 Å². The van der Waals surface area contributed by atoms with Crippen molar-refractivity contribution >= 4 is 11.6 Å². The Balaban J connectivity index is 2.02. The first-order valence-corrected chi connectivity index (χ1v) is 9.14. The standard InChI is InChI=1S/C22H27N3O/c1-15(2)17-9-11-18(12-10-17)22(16(3)4)24-14-21(26)25-20-8-6-5-7-19(20)13-23/h5-12,15-16,22,24H,14H2,1-4H3,(H,25,26)/p+1/t22-/m1/s1. The van der Waals surface area contributed by atoms with E-state index in [9.17, 15) is 4.79 Å². The van der Waals surface area contributed by atoms with Gasteiger partial charge in [0, 0.05) is 11.5 Å². The molecule has 0 aliphatic rings. The van der Waals surface area contributed by atoms with Crippen molar-refractivity contribution in [2.45, 2.75) is 39.7 Å². The number of carbonyl (C=O) groups excluding carboxylic acids is 1. The number of nitrogens with zero attached hydrogens (tertiary/aromatic N) is 1. The molecule has 4 heteroatoms. The van der Waals surface area contributed by atoms with Crippen LogP contribution in [0.25, 0.3) is 0 Å². The molecule has 0 saturated carbocycles. The van der Waals surface area contributed by atoms with E-state index in [1.54, 1.807) is 18.2 Å². The molecule has 2 rings (SSSR count). The Labute approximate surface area is 156 Å². The van der Waals surface area contributed by atoms with Gasteiger partial charge in [-0.2, -0.15) is 5.26 Å². The van der Waals surface area contributed by atoms with Crippen molar-refractivity contribution in [3.05, 3.63) is 65.2 Å². The Kier molecular flexibility index (Phi) is 6.94. The third kappa shape index (κ3) is 5.18. The SMILES string of the molecule is CC(C)c1ccc([C@H]([NH2+]CC(=O)Nc2ccccc2C#N)C(C)C)cc1. The number of amides is 1. The van der Waals surface area contributed by atoms with Crippen LogP contribution < -0.4 is 10.6 Å². The molecule has 0 unspecified atom stereocenters. The highest BCUT2D eigenvalue weighted by molar-refractivity contribution is 5.92. The molecular weight excluding hydrogens is 322 g/mol. The quantitative estimate of drug-likeness (QED) is 0.801. The molecule has 0 fully saturated rings. The summed E-state index contributed by atoms with van der Waals surface area (Å²) in [7, 11) is 0. The summed E-state index contributed by atoms with van der Waals surface area (Å²) in [6.07, 6.45) is 0. The van der Waals surface area contributed by atoms with Crippen LogP contribution in [-0.2, 0) is 4.79 Å². The van der Waals surface area contributed by atoms with Crippen LogP contribution in [0.1, 0.15) is 56.3 Å². The molecule has 0 radical (unpaired) electrons. The molecule has 0 aliphatic carbocycles. The number of rotatable bonds is 7. The fraction of sp³-hybridized carbons (Fsp3) is 0.364. The summed E-state index contributed by atoms with van der Waals surface area (Å²) in [5.74, 6) is 0.813. The minimum absolute atomic E-state index is 0.0999. The molecule has 0 heterocycles. The summed E-state index contributed by atoms with van der Waals surface area (Å²) in [5, 5.41) is 14.0. The number of hydrogen-bond donors (Lipinski definition) is 2. The van der Waals surface area contributed by atoms with E-state index in [2.05, 4.69) is 68.7 Å². The molecule has 0 saturated heterocycles. The zero-order chi connectivity index (χ0) is 19.1. The van der Waals surface area contributed by atoms with E-state index in [0.717, 1.165) is 0 Å². The molecule has 1 amide bonds. The maximum atomic E-state index is 12.3. The van der Waals surface area contributed by atoms with Crippen molar-refractivity contribution in [3.63, 3.8) is 0 Å². The lowest BCUT2D eigenvalue weighted by molar-refractivity contribution is -0.692. The summed E-state index contributed by atoms with van der Waals surface area (Å²) in [5.41, 5.74) is 3.60. The zero-order valence-electron chi connectivity index (χ0n) is 16.0. The lowest BCUT2D eigenvalue weighted by Crippen LogP contribution is -2.88. The van der Waals surface area contributed by atoms with Gasteiger partial charge < -0.3 is 10.6 Å². The maximum absolute atomic E-state index is 12.3. The number of anilines is 1. The normalized spacial score (nSPS) is 12.0. The molecule has 2 aromatic carbocycles. The van der Waals surface area contributed by atoms with Gasteiger partial charge in [0.05, 0.1) is 11.3 Å². The van der Waals surface area contributed by atoms with Crippen LogP contribution in [0.2, 0.25) is 0 Å². The van der Waals surface area contributed by atoms with Crippen LogP contribution in [0, 0.1) is 17.2 Å². The largest absolute Gasteiger partial charge is 0.332 e. The van der Waals surface area contributed by atoms with Gasteiger partial charge in [0.25, 0.3) is 5.91 Å². The van der Waals surface area contributed by atoms with E-state index >= 15 is 0 Å². The lowest BCUT2D eigenvalue weighted by Gasteiger charge is -2.20. The fourth-order valence-electron chi connectivity index (χ4n) is 3.02. The Morgan fingerprint density at radius 2 is 1.65 bits per heavy atom. The second-order valence-corrected chi connectivity index (χ2v) is 7.24. The molecule has 26 heavy (non-hydrogen) atoms. The van der Waals surface area contributed by atoms with E-state index in [1.807, 2.05) is 6.07 Å². The van der Waals surface area contributed by atoms with Crippen LogP contribution in [0.5, 0.6) is 0 Å². The summed E-state index contributed by atoms with van der Waals surface area (Å²) < 4.78 is 0. The highest BCUT2D eigenvalue weighted by atomic mass is 16.1. The Bertz CT molecular complexity index is 773. The van der Waals surface area contributed by atoms with Crippen molar-refractivity contribution < 1.29 is 10.1 Å². The van der Waals surface area contributed by atoms with Crippen LogP contribution in [0.3, 0.4) is 0 Å². The third-order valence-corrected chi connectivity index (χ3v) is 4.59. The smallest absolute Gasteiger partial charge is 0.279 e. The number of nitrogens with one attached hydrogen (secondary N) is 1. The maximum Gasteiger partial charge on any atom is 0.279 e. The van der Waals surface area contributed by atoms with E-state index in [4.69, 9.17) is 5.26 Å². The van der Waals surface area contributed by atoms with Crippen molar-refractivity contribution in [1.29, 1.82) is 5.26 Å². The van der Waals surface area contributed by atoms with Gasteiger partial charge in [-0.1, -0.05) is 64.1 Å². The van der Waals surface area contributed by atoms with Crippen LogP contribution in [0.4, 0.5) is 5.69 Å². The van der Waals surface area contributed by atoms with Gasteiger partial charge in [0.15, 0.2) is 6.54 Å². The third-order valence-electron chi connectivity index (χ3n) is 4.59. The van der Waals surface area contributed by atoms with Gasteiger partial charge in [0.2, 0.25) is 0 Å². The summed E-state index contributed by atoms with van der Waals surface area (Å²) in [6.45, 7) is 9.02. The molecule has 0 aromatic heterocycles. The van der Waals surface area contributed by atoms with Crippen LogP contribution in [0.15, 0.2) is 48.5 Å². The number of benzene rings is 2. The molecule has 0 aliphatic heterocycles. The summed E-state index contributed by atoms with van der Waals surface area (Å²) in [4.78, 5) is 12.3. The average molecular weight is 350 g/mol. The van der Waals surface area contributed by atoms with Gasteiger partial charge in [-0.05, 0) is 23.6 Å². The molecule has 0 spiro atoms. The van der Waals surface area contributed by atoms with Gasteiger partial charge in [0.1, 0.15) is 12.1 Å². The van der Waals surface area contributed by atoms with E-state index in [1.165, 1.54) is 11.1 Å². The highest BCUT2D eigenvalue weighted by Gasteiger charge is 2.21. The van der Waals surface area contributed by atoms with Gasteiger partial charge >= 0.3 is 0 Å². The topological polar surface area (TPSA) is 69.5 Å². The molecule has 1 atom stereocenters. The monoisotopic (exact) mass is 350 g/mol. The zero-order valence-corrected chi connectivity index (χ0v) is 16.0. The highest BCUT2D eigenvalue weighted by Crippen LogP contribution is 2.21. The number of nitrogens with two attached hydrogens (primary N) is 1. The number of carbonyl (C=O) groups is 1. The van der Waals surface area contributed by atoms with Gasteiger partial charge in [-0.3, -0.25) is 4.79 Å². The predicted octanol–water partition coefficient (Wildman–Crippen LogP) is 3.58. The van der Waals surface area contributed by atoms with Crippen LogP contribution >= 0.6 is 0 Å². The second-order valence-electron chi connectivity index (χ2n) is 7.24. The van der Waals surface area contributed by atoms with Crippen molar-refractivity contribution in [3.8, 4) is 6.07 Å². The number of nitriles is 1. The Morgan fingerprint density at radius 1 is 1.04 bits per heavy atom. The molecule has 136 valence electrons. The molecule has 4 nitrogen and oxygen atoms in total. The van der Waals surface area contributed by atoms with E-state index in [0.29, 0.717) is 29.6 Å². The van der Waals surface area contributed by atoms with E-state index < -0.39 is 0 Å². The molecule has 3 N–H and O–H groups in total. The van der Waals surface area contributed by atoms with Crippen molar-refractivity contribution in [1.82, 2.24) is 0 Å². The summed E-state index contributed by atoms with van der Waals surface area (Å²) in [6, 6.07) is 18.0. The first kappa shape index (κ1) is 19.7. The summed E-state index contributed by atoms with van der Waals surface area (Å²) >= 11 is 0. The first-order chi connectivity index (χ1) is 12.4. The van der Waals surface area contributed by atoms with Gasteiger partial charge in [-0.25, -0.2) is 0 Å². The number of para-hydroxylation sites is 1. The number of quaternary nitrogens is 1. The minimum Gasteiger partial charge on any atom is -0.332 e. The Morgan fingerprint density at radius 3 is 2.23 bits per heavy atom.